The number of hydrogen-bond donors (Lipinski definition) is 1. The molecule has 0 radical (unpaired) electrons. The Morgan fingerprint density at radius 2 is 2.14 bits per heavy atom. The first-order valence-corrected chi connectivity index (χ1v) is 8.19. The highest BCUT2D eigenvalue weighted by Crippen LogP contribution is 2.43. The summed E-state index contributed by atoms with van der Waals surface area (Å²) in [6, 6.07) is 8.87. The van der Waals surface area contributed by atoms with Gasteiger partial charge in [0.25, 0.3) is 0 Å². The van der Waals surface area contributed by atoms with Crippen molar-refractivity contribution in [3.63, 3.8) is 0 Å². The lowest BCUT2D eigenvalue weighted by molar-refractivity contribution is -0.100. The third-order valence-electron chi connectivity index (χ3n) is 4.84. The maximum atomic E-state index is 5.96. The standard InChI is InChI=1S/C17H22BrNO2/c1-10(19-15-9-16(20-4)17(15,2)3)14-8-11-7-12(18)5-6-13(11)21-14/h5-8,10,15-16,19H,9H2,1-4H3. The van der Waals surface area contributed by atoms with Crippen LogP contribution in [0.4, 0.5) is 0 Å². The molecular formula is C17H22BrNO2. The van der Waals surface area contributed by atoms with E-state index in [1.807, 2.05) is 12.1 Å². The van der Waals surface area contributed by atoms with E-state index in [1.54, 1.807) is 7.11 Å². The summed E-state index contributed by atoms with van der Waals surface area (Å²) in [4.78, 5) is 0. The van der Waals surface area contributed by atoms with Crippen LogP contribution in [0.2, 0.25) is 0 Å². The Hall–Kier alpha value is -0.840. The van der Waals surface area contributed by atoms with Crippen LogP contribution in [0.25, 0.3) is 11.0 Å². The van der Waals surface area contributed by atoms with Crippen molar-refractivity contribution in [2.24, 2.45) is 5.41 Å². The van der Waals surface area contributed by atoms with E-state index in [1.165, 1.54) is 0 Å². The second kappa shape index (κ2) is 5.41. The van der Waals surface area contributed by atoms with E-state index in [-0.39, 0.29) is 11.5 Å². The van der Waals surface area contributed by atoms with Gasteiger partial charge in [-0.25, -0.2) is 0 Å². The molecule has 1 aliphatic rings. The quantitative estimate of drug-likeness (QED) is 0.869. The summed E-state index contributed by atoms with van der Waals surface area (Å²) in [5.41, 5.74) is 1.10. The number of nitrogens with one attached hydrogen (secondary N) is 1. The molecule has 114 valence electrons. The zero-order chi connectivity index (χ0) is 15.2. The minimum atomic E-state index is 0.165. The van der Waals surface area contributed by atoms with Gasteiger partial charge in [0.1, 0.15) is 11.3 Å². The van der Waals surface area contributed by atoms with Crippen molar-refractivity contribution in [2.75, 3.05) is 7.11 Å². The fraction of sp³-hybridized carbons (Fsp3) is 0.529. The summed E-state index contributed by atoms with van der Waals surface area (Å²) in [5, 5.41) is 4.81. The molecule has 3 rings (SSSR count). The normalized spacial score (nSPS) is 25.8. The zero-order valence-corrected chi connectivity index (χ0v) is 14.5. The lowest BCUT2D eigenvalue weighted by Gasteiger charge is -2.52. The van der Waals surface area contributed by atoms with Crippen LogP contribution in [-0.2, 0) is 4.74 Å². The van der Waals surface area contributed by atoms with Gasteiger partial charge < -0.3 is 14.5 Å². The van der Waals surface area contributed by atoms with E-state index in [0.717, 1.165) is 27.6 Å². The first kappa shape index (κ1) is 15.1. The molecule has 3 unspecified atom stereocenters. The molecule has 1 fully saturated rings. The number of fused-ring (bicyclic) bond motifs is 1. The molecule has 1 aromatic heterocycles. The number of benzene rings is 1. The maximum absolute atomic E-state index is 5.96. The summed E-state index contributed by atoms with van der Waals surface area (Å²) >= 11 is 3.50. The molecule has 3 nitrogen and oxygen atoms in total. The molecule has 4 heteroatoms. The van der Waals surface area contributed by atoms with Crippen LogP contribution in [0.3, 0.4) is 0 Å². The third kappa shape index (κ3) is 2.65. The van der Waals surface area contributed by atoms with E-state index < -0.39 is 0 Å². The third-order valence-corrected chi connectivity index (χ3v) is 5.33. The topological polar surface area (TPSA) is 34.4 Å². The number of furan rings is 1. The largest absolute Gasteiger partial charge is 0.459 e. The van der Waals surface area contributed by atoms with Crippen molar-refractivity contribution >= 4 is 26.9 Å². The highest BCUT2D eigenvalue weighted by molar-refractivity contribution is 9.10. The Labute approximate surface area is 134 Å². The summed E-state index contributed by atoms with van der Waals surface area (Å²) in [7, 11) is 1.79. The first-order chi connectivity index (χ1) is 9.91. The minimum Gasteiger partial charge on any atom is -0.459 e. The Morgan fingerprint density at radius 1 is 1.38 bits per heavy atom. The molecule has 1 heterocycles. The molecule has 1 saturated carbocycles. The monoisotopic (exact) mass is 351 g/mol. The van der Waals surface area contributed by atoms with E-state index in [9.17, 15) is 0 Å². The van der Waals surface area contributed by atoms with Crippen molar-refractivity contribution in [3.8, 4) is 0 Å². The molecule has 3 atom stereocenters. The average molecular weight is 352 g/mol. The van der Waals surface area contributed by atoms with Crippen LogP contribution >= 0.6 is 15.9 Å². The van der Waals surface area contributed by atoms with Gasteiger partial charge in [0.05, 0.1) is 12.1 Å². The molecule has 1 aromatic carbocycles. The average Bonchev–Trinajstić information content (AvgIpc) is 2.85. The van der Waals surface area contributed by atoms with Gasteiger partial charge in [0.2, 0.25) is 0 Å². The lowest BCUT2D eigenvalue weighted by atomic mass is 9.64. The predicted octanol–water partition coefficient (Wildman–Crippen LogP) is 4.66. The van der Waals surface area contributed by atoms with Crippen LogP contribution in [0.15, 0.2) is 33.2 Å². The number of methoxy groups -OCH3 is 1. The molecule has 1 N–H and O–H groups in total. The van der Waals surface area contributed by atoms with E-state index in [4.69, 9.17) is 9.15 Å². The molecule has 2 aromatic rings. The smallest absolute Gasteiger partial charge is 0.134 e. The van der Waals surface area contributed by atoms with Crippen LogP contribution in [0.5, 0.6) is 0 Å². The fourth-order valence-corrected chi connectivity index (χ4v) is 3.58. The summed E-state index contributed by atoms with van der Waals surface area (Å²) in [5.74, 6) is 0.986. The lowest BCUT2D eigenvalue weighted by Crippen LogP contribution is -2.60. The van der Waals surface area contributed by atoms with Gasteiger partial charge in [-0.3, -0.25) is 0 Å². The van der Waals surface area contributed by atoms with Crippen molar-refractivity contribution < 1.29 is 9.15 Å². The molecule has 0 bridgehead atoms. The second-order valence-corrected chi connectivity index (χ2v) is 7.47. The Morgan fingerprint density at radius 3 is 2.81 bits per heavy atom. The van der Waals surface area contributed by atoms with Crippen LogP contribution in [0.1, 0.15) is 39.0 Å². The van der Waals surface area contributed by atoms with Gasteiger partial charge in [-0.1, -0.05) is 29.8 Å². The summed E-state index contributed by atoms with van der Waals surface area (Å²) < 4.78 is 12.5. The summed E-state index contributed by atoms with van der Waals surface area (Å²) in [6.45, 7) is 6.67. The molecule has 0 amide bonds. The predicted molar refractivity (Wildman–Crippen MR) is 88.4 cm³/mol. The van der Waals surface area contributed by atoms with Crippen LogP contribution < -0.4 is 5.32 Å². The Bertz CT molecular complexity index is 649. The van der Waals surface area contributed by atoms with Gasteiger partial charge in [-0.05, 0) is 37.6 Å². The van der Waals surface area contributed by atoms with Crippen molar-refractivity contribution in [1.82, 2.24) is 5.32 Å². The van der Waals surface area contributed by atoms with Crippen molar-refractivity contribution in [2.45, 2.75) is 45.4 Å². The van der Waals surface area contributed by atoms with Gasteiger partial charge >= 0.3 is 0 Å². The maximum Gasteiger partial charge on any atom is 0.134 e. The van der Waals surface area contributed by atoms with Crippen LogP contribution in [0, 0.1) is 5.41 Å². The Kier molecular flexibility index (Phi) is 3.89. The highest BCUT2D eigenvalue weighted by atomic mass is 79.9. The SMILES string of the molecule is COC1CC(NC(C)c2cc3cc(Br)ccc3o2)C1(C)C. The molecular weight excluding hydrogens is 330 g/mol. The van der Waals surface area contributed by atoms with Gasteiger partial charge in [0.15, 0.2) is 0 Å². The second-order valence-electron chi connectivity index (χ2n) is 6.55. The van der Waals surface area contributed by atoms with E-state index >= 15 is 0 Å². The molecule has 1 aliphatic carbocycles. The zero-order valence-electron chi connectivity index (χ0n) is 12.9. The molecule has 21 heavy (non-hydrogen) atoms. The number of hydrogen-bond acceptors (Lipinski definition) is 3. The first-order valence-electron chi connectivity index (χ1n) is 7.39. The number of ether oxygens (including phenoxy) is 1. The van der Waals surface area contributed by atoms with Crippen molar-refractivity contribution in [3.05, 3.63) is 34.5 Å². The van der Waals surface area contributed by atoms with Gasteiger partial charge in [0, 0.05) is 28.4 Å². The minimum absolute atomic E-state index is 0.165. The summed E-state index contributed by atoms with van der Waals surface area (Å²) in [6.07, 6.45) is 1.40. The van der Waals surface area contributed by atoms with Crippen LogP contribution in [-0.4, -0.2) is 19.3 Å². The number of rotatable bonds is 4. The van der Waals surface area contributed by atoms with Gasteiger partial charge in [-0.2, -0.15) is 0 Å². The van der Waals surface area contributed by atoms with Gasteiger partial charge in [-0.15, -0.1) is 0 Å². The van der Waals surface area contributed by atoms with Crippen molar-refractivity contribution in [1.29, 1.82) is 0 Å². The number of halogens is 1. The molecule has 0 aliphatic heterocycles. The van der Waals surface area contributed by atoms with E-state index in [2.05, 4.69) is 54.2 Å². The Balaban J connectivity index is 1.74. The molecule has 0 saturated heterocycles. The molecule has 0 spiro atoms. The highest BCUT2D eigenvalue weighted by Gasteiger charge is 2.48. The van der Waals surface area contributed by atoms with E-state index in [0.29, 0.717) is 12.1 Å². The fourth-order valence-electron chi connectivity index (χ4n) is 3.20.